The number of nitrogens with one attached hydrogen (secondary N) is 1. The van der Waals surface area contributed by atoms with Gasteiger partial charge in [0, 0.05) is 31.1 Å². The standard InChI is InChI=1S/C23H27N3O3/c1-2-8-26-14-17-6-4-3-5-15(17)11-19(26)13-25-23(28)20-12-18(22(24)27)10-16-7-9-29-21(16)20/h3-6,10,12,19H,2,7-9,11,13-14H2,1H3,(H2,24,27)(H,25,28)/t19-/m0/s1. The number of primary amides is 1. The fourth-order valence-electron chi connectivity index (χ4n) is 4.32. The molecule has 0 fully saturated rings. The molecule has 0 aromatic heterocycles. The third-order valence-corrected chi connectivity index (χ3v) is 5.79. The molecule has 152 valence electrons. The molecule has 2 aliphatic rings. The van der Waals surface area contributed by atoms with Crippen LogP contribution in [0.3, 0.4) is 0 Å². The van der Waals surface area contributed by atoms with Crippen molar-refractivity contribution < 1.29 is 14.3 Å². The summed E-state index contributed by atoms with van der Waals surface area (Å²) in [4.78, 5) is 27.1. The van der Waals surface area contributed by atoms with Gasteiger partial charge in [-0.1, -0.05) is 31.2 Å². The molecule has 0 radical (unpaired) electrons. The van der Waals surface area contributed by atoms with Crippen LogP contribution in [0.4, 0.5) is 0 Å². The van der Waals surface area contributed by atoms with Gasteiger partial charge >= 0.3 is 0 Å². The van der Waals surface area contributed by atoms with E-state index in [0.29, 0.717) is 36.4 Å². The molecule has 2 aromatic rings. The normalized spacial score (nSPS) is 17.9. The van der Waals surface area contributed by atoms with E-state index in [0.717, 1.165) is 31.5 Å². The molecule has 0 bridgehead atoms. The van der Waals surface area contributed by atoms with E-state index in [1.54, 1.807) is 12.1 Å². The molecule has 2 aliphatic heterocycles. The second-order valence-corrected chi connectivity index (χ2v) is 7.78. The summed E-state index contributed by atoms with van der Waals surface area (Å²) in [5.74, 6) is -0.180. The van der Waals surface area contributed by atoms with E-state index < -0.39 is 5.91 Å². The molecule has 1 atom stereocenters. The van der Waals surface area contributed by atoms with E-state index in [4.69, 9.17) is 10.5 Å². The Morgan fingerprint density at radius 1 is 1.21 bits per heavy atom. The van der Waals surface area contributed by atoms with Crippen LogP contribution in [0.2, 0.25) is 0 Å². The summed E-state index contributed by atoms with van der Waals surface area (Å²) in [6, 6.07) is 12.0. The molecule has 6 heteroatoms. The molecule has 4 rings (SSSR count). The number of ether oxygens (including phenoxy) is 1. The first-order valence-corrected chi connectivity index (χ1v) is 10.3. The SMILES string of the molecule is CCCN1Cc2ccccc2C[C@H]1CNC(=O)c1cc(C(N)=O)cc2c1OCC2. The van der Waals surface area contributed by atoms with Crippen LogP contribution in [-0.4, -0.2) is 42.5 Å². The fraction of sp³-hybridized carbons (Fsp3) is 0.391. The zero-order valence-corrected chi connectivity index (χ0v) is 16.7. The van der Waals surface area contributed by atoms with E-state index in [1.165, 1.54) is 11.1 Å². The maximum absolute atomic E-state index is 13.0. The van der Waals surface area contributed by atoms with E-state index >= 15 is 0 Å². The molecule has 6 nitrogen and oxygen atoms in total. The fourth-order valence-corrected chi connectivity index (χ4v) is 4.32. The maximum Gasteiger partial charge on any atom is 0.255 e. The van der Waals surface area contributed by atoms with E-state index in [-0.39, 0.29) is 11.9 Å². The lowest BCUT2D eigenvalue weighted by atomic mass is 9.93. The molecule has 2 aromatic carbocycles. The number of carbonyl (C=O) groups excluding carboxylic acids is 2. The minimum absolute atomic E-state index is 0.221. The Kier molecular flexibility index (Phi) is 5.53. The first-order valence-electron chi connectivity index (χ1n) is 10.3. The third kappa shape index (κ3) is 3.98. The van der Waals surface area contributed by atoms with Crippen molar-refractivity contribution in [1.29, 1.82) is 0 Å². The molecular weight excluding hydrogens is 366 g/mol. The van der Waals surface area contributed by atoms with Gasteiger partial charge in [0.05, 0.1) is 12.2 Å². The first-order chi connectivity index (χ1) is 14.1. The van der Waals surface area contributed by atoms with Gasteiger partial charge in [-0.05, 0) is 48.2 Å². The Balaban J connectivity index is 1.51. The Labute approximate surface area is 171 Å². The molecule has 0 spiro atoms. The van der Waals surface area contributed by atoms with Gasteiger partial charge < -0.3 is 15.8 Å². The van der Waals surface area contributed by atoms with Crippen molar-refractivity contribution in [3.8, 4) is 5.75 Å². The Hall–Kier alpha value is -2.86. The van der Waals surface area contributed by atoms with Gasteiger partial charge in [0.1, 0.15) is 5.75 Å². The smallest absolute Gasteiger partial charge is 0.255 e. The van der Waals surface area contributed by atoms with E-state index in [2.05, 4.69) is 41.4 Å². The highest BCUT2D eigenvalue weighted by Gasteiger charge is 2.27. The number of nitrogens with zero attached hydrogens (tertiary/aromatic N) is 1. The summed E-state index contributed by atoms with van der Waals surface area (Å²) in [6.07, 6.45) is 2.65. The average molecular weight is 393 g/mol. The monoisotopic (exact) mass is 393 g/mol. The minimum Gasteiger partial charge on any atom is -0.492 e. The van der Waals surface area contributed by atoms with Crippen molar-refractivity contribution in [3.63, 3.8) is 0 Å². The molecule has 0 saturated heterocycles. The number of fused-ring (bicyclic) bond motifs is 2. The van der Waals surface area contributed by atoms with Crippen molar-refractivity contribution in [2.24, 2.45) is 5.73 Å². The molecule has 29 heavy (non-hydrogen) atoms. The predicted octanol–water partition coefficient (Wildman–Crippen LogP) is 2.29. The van der Waals surface area contributed by atoms with Gasteiger partial charge in [0.2, 0.25) is 5.91 Å². The zero-order chi connectivity index (χ0) is 20.4. The second-order valence-electron chi connectivity index (χ2n) is 7.78. The molecule has 2 heterocycles. The molecular formula is C23H27N3O3. The van der Waals surface area contributed by atoms with Gasteiger partial charge in [0.25, 0.3) is 5.91 Å². The van der Waals surface area contributed by atoms with E-state index in [1.807, 2.05) is 0 Å². The van der Waals surface area contributed by atoms with Crippen LogP contribution in [-0.2, 0) is 19.4 Å². The quantitative estimate of drug-likeness (QED) is 0.789. The minimum atomic E-state index is -0.535. The van der Waals surface area contributed by atoms with Crippen LogP contribution in [0.25, 0.3) is 0 Å². The van der Waals surface area contributed by atoms with Crippen LogP contribution in [0.15, 0.2) is 36.4 Å². The average Bonchev–Trinajstić information content (AvgIpc) is 3.20. The highest BCUT2D eigenvalue weighted by molar-refractivity contribution is 6.01. The largest absolute Gasteiger partial charge is 0.492 e. The number of carbonyl (C=O) groups is 2. The van der Waals surface area contributed by atoms with Gasteiger partial charge in [-0.2, -0.15) is 0 Å². The molecule has 2 amide bonds. The number of hydrogen-bond donors (Lipinski definition) is 2. The van der Waals surface area contributed by atoms with Crippen molar-refractivity contribution in [3.05, 3.63) is 64.2 Å². The number of benzene rings is 2. The van der Waals surface area contributed by atoms with Crippen molar-refractivity contribution in [2.45, 2.75) is 38.8 Å². The highest BCUT2D eigenvalue weighted by Crippen LogP contribution is 2.31. The third-order valence-electron chi connectivity index (χ3n) is 5.79. The molecule has 0 aliphatic carbocycles. The second kappa shape index (κ2) is 8.25. The summed E-state index contributed by atoms with van der Waals surface area (Å²) >= 11 is 0. The van der Waals surface area contributed by atoms with Gasteiger partial charge in [-0.25, -0.2) is 0 Å². The number of nitrogens with two attached hydrogens (primary N) is 1. The van der Waals surface area contributed by atoms with Gasteiger partial charge in [-0.3, -0.25) is 14.5 Å². The summed E-state index contributed by atoms with van der Waals surface area (Å²) in [5, 5.41) is 3.07. The van der Waals surface area contributed by atoms with Crippen molar-refractivity contribution >= 4 is 11.8 Å². The zero-order valence-electron chi connectivity index (χ0n) is 16.7. The highest BCUT2D eigenvalue weighted by atomic mass is 16.5. The lowest BCUT2D eigenvalue weighted by Crippen LogP contribution is -2.47. The number of rotatable bonds is 6. The molecule has 3 N–H and O–H groups in total. The van der Waals surface area contributed by atoms with Crippen LogP contribution >= 0.6 is 0 Å². The lowest BCUT2D eigenvalue weighted by Gasteiger charge is -2.37. The summed E-state index contributed by atoms with van der Waals surface area (Å²) in [5.41, 5.74) is 9.77. The van der Waals surface area contributed by atoms with Gasteiger partial charge in [-0.15, -0.1) is 0 Å². The van der Waals surface area contributed by atoms with Gasteiger partial charge in [0.15, 0.2) is 0 Å². The van der Waals surface area contributed by atoms with Crippen LogP contribution in [0, 0.1) is 0 Å². The maximum atomic E-state index is 13.0. The first kappa shape index (κ1) is 19.5. The van der Waals surface area contributed by atoms with Crippen molar-refractivity contribution in [2.75, 3.05) is 19.7 Å². The predicted molar refractivity (Wildman–Crippen MR) is 111 cm³/mol. The number of hydrogen-bond acceptors (Lipinski definition) is 4. The Morgan fingerprint density at radius 3 is 2.76 bits per heavy atom. The lowest BCUT2D eigenvalue weighted by molar-refractivity contribution is 0.0922. The van der Waals surface area contributed by atoms with Crippen LogP contribution < -0.4 is 15.8 Å². The molecule has 0 saturated carbocycles. The Morgan fingerprint density at radius 2 is 2.00 bits per heavy atom. The van der Waals surface area contributed by atoms with Crippen LogP contribution in [0.5, 0.6) is 5.75 Å². The molecule has 0 unspecified atom stereocenters. The van der Waals surface area contributed by atoms with E-state index in [9.17, 15) is 9.59 Å². The Bertz CT molecular complexity index is 941. The number of amides is 2. The summed E-state index contributed by atoms with van der Waals surface area (Å²) in [7, 11) is 0. The summed E-state index contributed by atoms with van der Waals surface area (Å²) in [6.45, 7) is 5.13. The summed E-state index contributed by atoms with van der Waals surface area (Å²) < 4.78 is 5.66. The topological polar surface area (TPSA) is 84.7 Å². The van der Waals surface area contributed by atoms with Crippen LogP contribution in [0.1, 0.15) is 50.8 Å². The van der Waals surface area contributed by atoms with Crippen molar-refractivity contribution in [1.82, 2.24) is 10.2 Å².